The van der Waals surface area contributed by atoms with E-state index < -0.39 is 10.0 Å². The second kappa shape index (κ2) is 7.54. The molecule has 1 atom stereocenters. The van der Waals surface area contributed by atoms with E-state index in [0.717, 1.165) is 25.9 Å². The van der Waals surface area contributed by atoms with Crippen molar-refractivity contribution in [3.63, 3.8) is 0 Å². The van der Waals surface area contributed by atoms with E-state index in [1.54, 1.807) is 13.8 Å². The third-order valence-corrected chi connectivity index (χ3v) is 5.08. The molecule has 0 radical (unpaired) electrons. The van der Waals surface area contributed by atoms with Crippen molar-refractivity contribution in [2.75, 3.05) is 19.6 Å². The van der Waals surface area contributed by atoms with E-state index in [4.69, 9.17) is 0 Å². The van der Waals surface area contributed by atoms with E-state index in [1.165, 1.54) is 12.1 Å². The molecule has 1 aromatic carbocycles. The number of rotatable bonds is 4. The lowest BCUT2D eigenvalue weighted by molar-refractivity contribution is 0.376. The van der Waals surface area contributed by atoms with Crippen molar-refractivity contribution in [2.45, 2.75) is 31.6 Å². The van der Waals surface area contributed by atoms with Gasteiger partial charge in [0.2, 0.25) is 10.0 Å². The largest absolute Gasteiger partial charge is 0.316 e. The molecule has 0 aromatic heterocycles. The van der Waals surface area contributed by atoms with Crippen molar-refractivity contribution < 1.29 is 12.8 Å². The lowest BCUT2D eigenvalue weighted by atomic mass is 10.0. The van der Waals surface area contributed by atoms with Crippen molar-refractivity contribution >= 4 is 22.4 Å². The van der Waals surface area contributed by atoms with Gasteiger partial charge in [0.05, 0.1) is 4.90 Å². The van der Waals surface area contributed by atoms with Gasteiger partial charge in [-0.15, -0.1) is 12.4 Å². The van der Waals surface area contributed by atoms with Crippen LogP contribution in [-0.2, 0) is 10.0 Å². The Morgan fingerprint density at radius 3 is 2.48 bits per heavy atom. The maximum atomic E-state index is 13.6. The molecule has 0 amide bonds. The van der Waals surface area contributed by atoms with E-state index >= 15 is 0 Å². The molecule has 1 fully saturated rings. The fourth-order valence-electron chi connectivity index (χ4n) is 2.47. The van der Waals surface area contributed by atoms with Crippen LogP contribution in [-0.4, -0.2) is 28.1 Å². The Kier molecular flexibility index (Phi) is 6.59. The molecule has 0 bridgehead atoms. The van der Waals surface area contributed by atoms with Crippen LogP contribution >= 0.6 is 12.4 Å². The highest BCUT2D eigenvalue weighted by Crippen LogP contribution is 2.19. The van der Waals surface area contributed by atoms with Crippen LogP contribution in [0.5, 0.6) is 0 Å². The van der Waals surface area contributed by atoms with E-state index in [-0.39, 0.29) is 23.1 Å². The molecule has 2 rings (SSSR count). The third-order valence-electron chi connectivity index (χ3n) is 3.68. The average molecular weight is 337 g/mol. The molecule has 1 heterocycles. The molecule has 7 heteroatoms. The Hall–Kier alpha value is -0.690. The van der Waals surface area contributed by atoms with Crippen LogP contribution in [0.2, 0.25) is 0 Å². The number of hydrogen-bond acceptors (Lipinski definition) is 3. The summed E-state index contributed by atoms with van der Waals surface area (Å²) in [6.45, 7) is 5.41. The zero-order chi connectivity index (χ0) is 14.8. The number of piperidine rings is 1. The summed E-state index contributed by atoms with van der Waals surface area (Å²) >= 11 is 0. The Morgan fingerprint density at radius 2 is 1.95 bits per heavy atom. The van der Waals surface area contributed by atoms with E-state index in [9.17, 15) is 12.8 Å². The second-order valence-corrected chi connectivity index (χ2v) is 7.20. The molecule has 1 aliphatic heterocycles. The number of nitrogens with one attached hydrogen (secondary N) is 2. The first kappa shape index (κ1) is 18.4. The first-order valence-electron chi connectivity index (χ1n) is 6.87. The SMILES string of the molecule is Cc1cc(S(=O)(=O)NCC2CCCNC2)cc(C)c1F.Cl. The molecule has 4 nitrogen and oxygen atoms in total. The molecule has 2 N–H and O–H groups in total. The molecular weight excluding hydrogens is 315 g/mol. The van der Waals surface area contributed by atoms with Crippen LogP contribution in [0.15, 0.2) is 17.0 Å². The zero-order valence-corrected chi connectivity index (χ0v) is 13.9. The highest BCUT2D eigenvalue weighted by molar-refractivity contribution is 7.89. The maximum Gasteiger partial charge on any atom is 0.240 e. The number of hydrogen-bond donors (Lipinski definition) is 2. The van der Waals surface area contributed by atoms with E-state index in [2.05, 4.69) is 10.0 Å². The van der Waals surface area contributed by atoms with Crippen LogP contribution in [0.4, 0.5) is 4.39 Å². The van der Waals surface area contributed by atoms with Gasteiger partial charge in [-0.2, -0.15) is 0 Å². The van der Waals surface area contributed by atoms with Gasteiger partial charge in [-0.05, 0) is 69.0 Å². The van der Waals surface area contributed by atoms with Crippen molar-refractivity contribution in [3.8, 4) is 0 Å². The number of benzene rings is 1. The number of sulfonamides is 1. The van der Waals surface area contributed by atoms with Crippen LogP contribution in [0.25, 0.3) is 0 Å². The second-order valence-electron chi connectivity index (χ2n) is 5.44. The molecule has 21 heavy (non-hydrogen) atoms. The van der Waals surface area contributed by atoms with Crippen LogP contribution in [0.1, 0.15) is 24.0 Å². The third kappa shape index (κ3) is 4.64. The molecule has 1 saturated heterocycles. The first-order chi connectivity index (χ1) is 9.40. The van der Waals surface area contributed by atoms with Gasteiger partial charge in [-0.3, -0.25) is 0 Å². The quantitative estimate of drug-likeness (QED) is 0.885. The van der Waals surface area contributed by atoms with Gasteiger partial charge < -0.3 is 5.32 Å². The minimum atomic E-state index is -3.57. The van der Waals surface area contributed by atoms with E-state index in [0.29, 0.717) is 23.6 Å². The topological polar surface area (TPSA) is 58.2 Å². The fourth-order valence-corrected chi connectivity index (χ4v) is 3.76. The highest BCUT2D eigenvalue weighted by atomic mass is 35.5. The summed E-state index contributed by atoms with van der Waals surface area (Å²) in [6, 6.07) is 2.76. The van der Waals surface area contributed by atoms with Crippen molar-refractivity contribution in [1.82, 2.24) is 10.0 Å². The van der Waals surface area contributed by atoms with Crippen LogP contribution < -0.4 is 10.0 Å². The highest BCUT2D eigenvalue weighted by Gasteiger charge is 2.20. The molecule has 0 spiro atoms. The average Bonchev–Trinajstić information content (AvgIpc) is 2.43. The predicted molar refractivity (Wildman–Crippen MR) is 83.9 cm³/mol. The van der Waals surface area contributed by atoms with Crippen LogP contribution in [0, 0.1) is 25.6 Å². The summed E-state index contributed by atoms with van der Waals surface area (Å²) in [5.74, 6) is -0.0263. The lowest BCUT2D eigenvalue weighted by Crippen LogP contribution is -2.38. The normalized spacial score (nSPS) is 19.1. The van der Waals surface area contributed by atoms with Crippen molar-refractivity contribution in [1.29, 1.82) is 0 Å². The van der Waals surface area contributed by atoms with Crippen molar-refractivity contribution in [2.24, 2.45) is 5.92 Å². The summed E-state index contributed by atoms with van der Waals surface area (Å²) in [7, 11) is -3.57. The Labute approximate surface area is 132 Å². The molecule has 0 aliphatic carbocycles. The molecule has 120 valence electrons. The van der Waals surface area contributed by atoms with Crippen LogP contribution in [0.3, 0.4) is 0 Å². The summed E-state index contributed by atoms with van der Waals surface area (Å²) < 4.78 is 40.7. The van der Waals surface area contributed by atoms with Gasteiger partial charge >= 0.3 is 0 Å². The minimum Gasteiger partial charge on any atom is -0.316 e. The molecule has 1 unspecified atom stereocenters. The molecular formula is C14H22ClFN2O2S. The smallest absolute Gasteiger partial charge is 0.240 e. The molecule has 1 aromatic rings. The van der Waals surface area contributed by atoms with Gasteiger partial charge in [0.1, 0.15) is 5.82 Å². The first-order valence-corrected chi connectivity index (χ1v) is 8.35. The Balaban J connectivity index is 0.00000220. The fraction of sp³-hybridized carbons (Fsp3) is 0.571. The van der Waals surface area contributed by atoms with Gasteiger partial charge in [0.15, 0.2) is 0 Å². The van der Waals surface area contributed by atoms with Crippen molar-refractivity contribution in [3.05, 3.63) is 29.1 Å². The standard InChI is InChI=1S/C14H21FN2O2S.ClH/c1-10-6-13(7-11(2)14(10)15)20(18,19)17-9-12-4-3-5-16-8-12;/h6-7,12,16-17H,3-5,8-9H2,1-2H3;1H. The maximum absolute atomic E-state index is 13.6. The predicted octanol–water partition coefficient (Wildman–Crippen LogP) is 2.14. The minimum absolute atomic E-state index is 0. The zero-order valence-electron chi connectivity index (χ0n) is 12.3. The van der Waals surface area contributed by atoms with E-state index in [1.807, 2.05) is 0 Å². The monoisotopic (exact) mass is 336 g/mol. The summed E-state index contributed by atoms with van der Waals surface area (Å²) in [6.07, 6.45) is 2.10. The number of halogens is 2. The summed E-state index contributed by atoms with van der Waals surface area (Å²) in [5, 5.41) is 3.25. The molecule has 0 saturated carbocycles. The summed E-state index contributed by atoms with van der Waals surface area (Å²) in [4.78, 5) is 0.137. The Morgan fingerprint density at radius 1 is 1.33 bits per heavy atom. The Bertz CT molecular complexity index is 564. The summed E-state index contributed by atoms with van der Waals surface area (Å²) in [5.41, 5.74) is 0.703. The van der Waals surface area contributed by atoms with Gasteiger partial charge in [-0.25, -0.2) is 17.5 Å². The van der Waals surface area contributed by atoms with Gasteiger partial charge in [-0.1, -0.05) is 0 Å². The lowest BCUT2D eigenvalue weighted by Gasteiger charge is -2.22. The number of aryl methyl sites for hydroxylation is 2. The molecule has 1 aliphatic rings. The van der Waals surface area contributed by atoms with Gasteiger partial charge in [0.25, 0.3) is 0 Å². The van der Waals surface area contributed by atoms with Gasteiger partial charge in [0, 0.05) is 6.54 Å².